The van der Waals surface area contributed by atoms with Crippen LogP contribution in [-0.2, 0) is 9.16 Å². The van der Waals surface area contributed by atoms with Crippen molar-refractivity contribution in [2.45, 2.75) is 77.6 Å². The molecule has 142 valence electrons. The Kier molecular flexibility index (Phi) is 8.74. The molecule has 1 heterocycles. The number of carbonyl (C=O) groups excluding carboxylic acids is 1. The number of nitrogens with zero attached hydrogens (tertiary/aromatic N) is 1. The summed E-state index contributed by atoms with van der Waals surface area (Å²) in [4.78, 5) is 14.2. The molecule has 0 spiro atoms. The van der Waals surface area contributed by atoms with Gasteiger partial charge in [0.1, 0.15) is 6.10 Å². The van der Waals surface area contributed by atoms with Gasteiger partial charge >= 0.3 is 6.09 Å². The van der Waals surface area contributed by atoms with Gasteiger partial charge in [-0.3, -0.25) is 0 Å². The fourth-order valence-corrected chi connectivity index (χ4v) is 3.61. The number of likely N-dealkylation sites (tertiary alicyclic amines) is 1. The summed E-state index contributed by atoms with van der Waals surface area (Å²) in [6.07, 6.45) is 3.95. The Bertz CT molecular complexity index is 377. The Morgan fingerprint density at radius 3 is 2.46 bits per heavy atom. The molecule has 0 aromatic rings. The number of hydrogen-bond acceptors (Lipinski definition) is 4. The molecule has 0 aromatic carbocycles. The Morgan fingerprint density at radius 2 is 1.88 bits per heavy atom. The molecule has 0 bridgehead atoms. The summed E-state index contributed by atoms with van der Waals surface area (Å²) in [5, 5.41) is 3.09. The molecule has 1 aliphatic rings. The zero-order chi connectivity index (χ0) is 18.2. The van der Waals surface area contributed by atoms with E-state index in [0.29, 0.717) is 6.54 Å². The standard InChI is InChI=1S/C18H38N2O3Si/c1-16(10-9-15-22-24(5,6)18(2,3)4)23-17(21)19-11-14-20-12-7-8-13-20/h16H,7-15H2,1-6H3,(H,19,21). The van der Waals surface area contributed by atoms with Crippen molar-refractivity contribution in [1.29, 1.82) is 0 Å². The van der Waals surface area contributed by atoms with E-state index < -0.39 is 8.32 Å². The average Bonchev–Trinajstić information content (AvgIpc) is 2.95. The monoisotopic (exact) mass is 358 g/mol. The lowest BCUT2D eigenvalue weighted by Gasteiger charge is -2.36. The molecule has 0 radical (unpaired) electrons. The Balaban J connectivity index is 2.08. The Labute approximate surface area is 149 Å². The molecule has 1 rings (SSSR count). The second kappa shape index (κ2) is 9.78. The van der Waals surface area contributed by atoms with E-state index in [1.807, 2.05) is 6.92 Å². The number of ether oxygens (including phenoxy) is 1. The average molecular weight is 359 g/mol. The summed E-state index contributed by atoms with van der Waals surface area (Å²) in [5.41, 5.74) is 0. The van der Waals surface area contributed by atoms with Crippen molar-refractivity contribution in [3.8, 4) is 0 Å². The fraction of sp³-hybridized carbons (Fsp3) is 0.944. The lowest BCUT2D eigenvalue weighted by molar-refractivity contribution is 0.0969. The third kappa shape index (κ3) is 7.99. The van der Waals surface area contributed by atoms with Gasteiger partial charge in [-0.25, -0.2) is 4.79 Å². The molecule has 1 amide bonds. The molecule has 1 fully saturated rings. The normalized spacial score (nSPS) is 17.8. The van der Waals surface area contributed by atoms with Crippen molar-refractivity contribution in [3.05, 3.63) is 0 Å². The van der Waals surface area contributed by atoms with E-state index in [9.17, 15) is 4.79 Å². The van der Waals surface area contributed by atoms with E-state index in [-0.39, 0.29) is 17.2 Å². The number of hydrogen-bond donors (Lipinski definition) is 1. The van der Waals surface area contributed by atoms with Gasteiger partial charge in [0.05, 0.1) is 0 Å². The first-order valence-corrected chi connectivity index (χ1v) is 12.3. The van der Waals surface area contributed by atoms with Crippen LogP contribution < -0.4 is 5.32 Å². The molecule has 1 saturated heterocycles. The summed E-state index contributed by atoms with van der Waals surface area (Å²) in [6, 6.07) is 0. The van der Waals surface area contributed by atoms with Gasteiger partial charge in [-0.1, -0.05) is 20.8 Å². The van der Waals surface area contributed by atoms with Crippen LogP contribution in [0.4, 0.5) is 4.79 Å². The van der Waals surface area contributed by atoms with Gasteiger partial charge in [0.25, 0.3) is 0 Å². The minimum atomic E-state index is -1.66. The third-order valence-corrected chi connectivity index (χ3v) is 9.77. The predicted octanol–water partition coefficient (Wildman–Crippen LogP) is 4.00. The van der Waals surface area contributed by atoms with E-state index in [0.717, 1.165) is 39.1 Å². The van der Waals surface area contributed by atoms with Crippen LogP contribution >= 0.6 is 0 Å². The quantitative estimate of drug-likeness (QED) is 0.500. The highest BCUT2D eigenvalue weighted by Gasteiger charge is 2.36. The van der Waals surface area contributed by atoms with E-state index >= 15 is 0 Å². The van der Waals surface area contributed by atoms with Crippen LogP contribution in [0.5, 0.6) is 0 Å². The van der Waals surface area contributed by atoms with Crippen LogP contribution in [0.3, 0.4) is 0 Å². The van der Waals surface area contributed by atoms with Crippen molar-refractivity contribution in [2.24, 2.45) is 0 Å². The molecule has 0 aliphatic carbocycles. The van der Waals surface area contributed by atoms with Crippen LogP contribution in [0.1, 0.15) is 53.4 Å². The Morgan fingerprint density at radius 1 is 1.25 bits per heavy atom. The summed E-state index contributed by atoms with van der Waals surface area (Å²) in [5.74, 6) is 0. The van der Waals surface area contributed by atoms with Gasteiger partial charge in [0.15, 0.2) is 8.32 Å². The number of carbonyl (C=O) groups is 1. The Hall–Kier alpha value is -0.593. The smallest absolute Gasteiger partial charge is 0.407 e. The largest absolute Gasteiger partial charge is 0.447 e. The number of rotatable bonds is 9. The van der Waals surface area contributed by atoms with Gasteiger partial charge in [-0.05, 0) is 63.8 Å². The van der Waals surface area contributed by atoms with E-state index in [4.69, 9.17) is 9.16 Å². The van der Waals surface area contributed by atoms with Crippen LogP contribution in [0.15, 0.2) is 0 Å². The second-order valence-electron chi connectivity index (χ2n) is 8.44. The molecule has 1 unspecified atom stereocenters. The summed E-state index contributed by atoms with van der Waals surface area (Å²) in [6.45, 7) is 17.9. The van der Waals surface area contributed by atoms with Gasteiger partial charge in [0.2, 0.25) is 0 Å². The first kappa shape index (κ1) is 21.4. The summed E-state index contributed by atoms with van der Waals surface area (Å²) >= 11 is 0. The number of nitrogens with one attached hydrogen (secondary N) is 1. The maximum absolute atomic E-state index is 11.8. The summed E-state index contributed by atoms with van der Waals surface area (Å²) in [7, 11) is -1.66. The van der Waals surface area contributed by atoms with Gasteiger partial charge in [-0.2, -0.15) is 0 Å². The fourth-order valence-electron chi connectivity index (χ4n) is 2.52. The zero-order valence-electron chi connectivity index (χ0n) is 16.6. The van der Waals surface area contributed by atoms with E-state index in [2.05, 4.69) is 44.1 Å². The van der Waals surface area contributed by atoms with E-state index in [1.165, 1.54) is 12.8 Å². The van der Waals surface area contributed by atoms with Crippen molar-refractivity contribution in [3.63, 3.8) is 0 Å². The van der Waals surface area contributed by atoms with Crippen LogP contribution in [0, 0.1) is 0 Å². The molecule has 5 nitrogen and oxygen atoms in total. The van der Waals surface area contributed by atoms with Gasteiger partial charge < -0.3 is 19.4 Å². The second-order valence-corrected chi connectivity index (χ2v) is 13.3. The predicted molar refractivity (Wildman–Crippen MR) is 102 cm³/mol. The van der Waals surface area contributed by atoms with Crippen molar-refractivity contribution in [1.82, 2.24) is 10.2 Å². The van der Waals surface area contributed by atoms with Gasteiger partial charge in [-0.15, -0.1) is 0 Å². The lowest BCUT2D eigenvalue weighted by atomic mass is 10.2. The molecule has 1 N–H and O–H groups in total. The minimum Gasteiger partial charge on any atom is -0.447 e. The molecule has 24 heavy (non-hydrogen) atoms. The van der Waals surface area contributed by atoms with Crippen molar-refractivity contribution >= 4 is 14.4 Å². The third-order valence-electron chi connectivity index (χ3n) is 5.23. The number of amides is 1. The van der Waals surface area contributed by atoms with E-state index in [1.54, 1.807) is 0 Å². The van der Waals surface area contributed by atoms with Crippen molar-refractivity contribution in [2.75, 3.05) is 32.8 Å². The topological polar surface area (TPSA) is 50.8 Å². The maximum atomic E-state index is 11.8. The van der Waals surface area contributed by atoms with Gasteiger partial charge in [0, 0.05) is 19.7 Å². The van der Waals surface area contributed by atoms with Crippen molar-refractivity contribution < 1.29 is 14.0 Å². The maximum Gasteiger partial charge on any atom is 0.407 e. The minimum absolute atomic E-state index is 0.0696. The first-order chi connectivity index (χ1) is 11.1. The molecular weight excluding hydrogens is 320 g/mol. The summed E-state index contributed by atoms with van der Waals surface area (Å²) < 4.78 is 11.6. The first-order valence-electron chi connectivity index (χ1n) is 9.42. The highest BCUT2D eigenvalue weighted by molar-refractivity contribution is 6.74. The molecule has 6 heteroatoms. The van der Waals surface area contributed by atoms with Crippen LogP contribution in [0.2, 0.25) is 18.1 Å². The van der Waals surface area contributed by atoms with Crippen LogP contribution in [-0.4, -0.2) is 58.2 Å². The molecule has 1 aliphatic heterocycles. The SMILES string of the molecule is CC(CCCO[Si](C)(C)C(C)(C)C)OC(=O)NCCN1CCCC1. The molecule has 0 aromatic heterocycles. The highest BCUT2D eigenvalue weighted by Crippen LogP contribution is 2.36. The highest BCUT2D eigenvalue weighted by atomic mass is 28.4. The van der Waals surface area contributed by atoms with Crippen LogP contribution in [0.25, 0.3) is 0 Å². The molecule has 1 atom stereocenters. The number of alkyl carbamates (subject to hydrolysis) is 1. The molecular formula is C18H38N2O3Si. The zero-order valence-corrected chi connectivity index (χ0v) is 17.6. The molecule has 0 saturated carbocycles. The lowest BCUT2D eigenvalue weighted by Crippen LogP contribution is -2.41.